The van der Waals surface area contributed by atoms with Crippen molar-refractivity contribution in [2.75, 3.05) is 26.2 Å². The Balaban J connectivity index is 1.78. The second-order valence-corrected chi connectivity index (χ2v) is 7.62. The molecule has 1 aliphatic rings. The summed E-state index contributed by atoms with van der Waals surface area (Å²) in [5.41, 5.74) is 2.90. The lowest BCUT2D eigenvalue weighted by Crippen LogP contribution is -2.58. The Kier molecular flexibility index (Phi) is 5.65. The van der Waals surface area contributed by atoms with Gasteiger partial charge < -0.3 is 14.9 Å². The Labute approximate surface area is 161 Å². The smallest absolute Gasteiger partial charge is 0.255 e. The fraction of sp³-hybridized carbons (Fsp3) is 0.368. The maximum Gasteiger partial charge on any atom is 0.255 e. The number of carbonyl (C=O) groups excluding carboxylic acids is 2. The van der Waals surface area contributed by atoms with Crippen molar-refractivity contribution in [3.05, 3.63) is 56.2 Å². The lowest BCUT2D eigenvalue weighted by molar-refractivity contribution is 0.0267. The first kappa shape index (κ1) is 18.9. The van der Waals surface area contributed by atoms with Gasteiger partial charge in [0.05, 0.1) is 18.2 Å². The molecule has 1 fully saturated rings. The van der Waals surface area contributed by atoms with Crippen LogP contribution in [0.4, 0.5) is 0 Å². The number of halogens is 1. The Bertz CT molecular complexity index is 836. The minimum absolute atomic E-state index is 0.0479. The summed E-state index contributed by atoms with van der Waals surface area (Å²) in [5.74, 6) is -0.212. The van der Waals surface area contributed by atoms with Crippen molar-refractivity contribution in [1.82, 2.24) is 9.80 Å². The summed E-state index contributed by atoms with van der Waals surface area (Å²) >= 11 is 7.63. The molecule has 1 aromatic heterocycles. The quantitative estimate of drug-likeness (QED) is 0.873. The van der Waals surface area contributed by atoms with Gasteiger partial charge in [0, 0.05) is 35.6 Å². The monoisotopic (exact) mass is 392 g/mol. The zero-order valence-electron chi connectivity index (χ0n) is 14.7. The van der Waals surface area contributed by atoms with E-state index in [-0.39, 0.29) is 18.4 Å². The van der Waals surface area contributed by atoms with Crippen LogP contribution >= 0.6 is 22.9 Å². The maximum atomic E-state index is 13.0. The summed E-state index contributed by atoms with van der Waals surface area (Å²) in [6, 6.07) is 4.80. The first-order valence-corrected chi connectivity index (χ1v) is 9.75. The third-order valence-corrected chi connectivity index (χ3v) is 6.10. The van der Waals surface area contributed by atoms with Gasteiger partial charge in [0.15, 0.2) is 0 Å². The standard InChI is InChI=1S/C19H21ClN2O3S/c1-12-10-26-11-16(12)18(24)21-6-7-22(14(8-21)9-23)19(25)15-4-3-5-17(20)13(15)2/h3-5,10-11,14,23H,6-9H2,1-2H3. The highest BCUT2D eigenvalue weighted by Gasteiger charge is 2.33. The number of hydrogen-bond acceptors (Lipinski definition) is 4. The van der Waals surface area contributed by atoms with Crippen LogP contribution in [0.3, 0.4) is 0 Å². The number of piperazine rings is 1. The van der Waals surface area contributed by atoms with Crippen LogP contribution in [0.5, 0.6) is 0 Å². The van der Waals surface area contributed by atoms with Crippen LogP contribution < -0.4 is 0 Å². The van der Waals surface area contributed by atoms with Crippen molar-refractivity contribution in [1.29, 1.82) is 0 Å². The summed E-state index contributed by atoms with van der Waals surface area (Å²) < 4.78 is 0. The van der Waals surface area contributed by atoms with Crippen molar-refractivity contribution in [3.63, 3.8) is 0 Å². The molecular formula is C19H21ClN2O3S. The highest BCUT2D eigenvalue weighted by Crippen LogP contribution is 2.23. The molecule has 1 unspecified atom stereocenters. The second-order valence-electron chi connectivity index (χ2n) is 6.47. The molecule has 138 valence electrons. The zero-order valence-corrected chi connectivity index (χ0v) is 16.3. The summed E-state index contributed by atoms with van der Waals surface area (Å²) in [6.45, 7) is 4.66. The van der Waals surface area contributed by atoms with E-state index in [4.69, 9.17) is 11.6 Å². The number of nitrogens with zero attached hydrogens (tertiary/aromatic N) is 2. The minimum atomic E-state index is -0.433. The highest BCUT2D eigenvalue weighted by molar-refractivity contribution is 7.08. The Morgan fingerprint density at radius 1 is 1.19 bits per heavy atom. The third-order valence-electron chi connectivity index (χ3n) is 4.83. The number of carbonyl (C=O) groups is 2. The fourth-order valence-corrected chi connectivity index (χ4v) is 4.20. The number of benzene rings is 1. The highest BCUT2D eigenvalue weighted by atomic mass is 35.5. The SMILES string of the molecule is Cc1cscc1C(=O)N1CCN(C(=O)c2cccc(Cl)c2C)C(CO)C1. The van der Waals surface area contributed by atoms with Gasteiger partial charge in [-0.05, 0) is 42.5 Å². The van der Waals surface area contributed by atoms with E-state index < -0.39 is 6.04 Å². The van der Waals surface area contributed by atoms with Crippen LogP contribution in [0.15, 0.2) is 29.0 Å². The largest absolute Gasteiger partial charge is 0.394 e. The molecule has 2 heterocycles. The van der Waals surface area contributed by atoms with E-state index in [1.54, 1.807) is 28.0 Å². The molecule has 1 aliphatic heterocycles. The molecule has 5 nitrogen and oxygen atoms in total. The molecule has 0 aliphatic carbocycles. The molecule has 26 heavy (non-hydrogen) atoms. The molecule has 0 spiro atoms. The molecule has 1 aromatic carbocycles. The summed E-state index contributed by atoms with van der Waals surface area (Å²) in [4.78, 5) is 29.0. The minimum Gasteiger partial charge on any atom is -0.394 e. The average molecular weight is 393 g/mol. The van der Waals surface area contributed by atoms with E-state index in [9.17, 15) is 14.7 Å². The molecule has 0 saturated carbocycles. The van der Waals surface area contributed by atoms with Gasteiger partial charge in [0.2, 0.25) is 0 Å². The molecule has 0 bridgehead atoms. The summed E-state index contributed by atoms with van der Waals surface area (Å²) in [7, 11) is 0. The Morgan fingerprint density at radius 2 is 1.96 bits per heavy atom. The molecule has 2 aromatic rings. The number of rotatable bonds is 3. The number of thiophene rings is 1. The molecule has 1 saturated heterocycles. The van der Waals surface area contributed by atoms with Gasteiger partial charge in [-0.25, -0.2) is 0 Å². The molecule has 3 rings (SSSR count). The van der Waals surface area contributed by atoms with E-state index in [0.29, 0.717) is 35.8 Å². The van der Waals surface area contributed by atoms with Gasteiger partial charge >= 0.3 is 0 Å². The lowest BCUT2D eigenvalue weighted by atomic mass is 10.0. The van der Waals surface area contributed by atoms with Crippen molar-refractivity contribution < 1.29 is 14.7 Å². The van der Waals surface area contributed by atoms with Gasteiger partial charge in [-0.15, -0.1) is 0 Å². The molecule has 0 radical (unpaired) electrons. The van der Waals surface area contributed by atoms with Crippen molar-refractivity contribution >= 4 is 34.8 Å². The molecular weight excluding hydrogens is 372 g/mol. The van der Waals surface area contributed by atoms with Crippen molar-refractivity contribution in [3.8, 4) is 0 Å². The predicted octanol–water partition coefficient (Wildman–Crippen LogP) is 2.98. The van der Waals surface area contributed by atoms with E-state index in [0.717, 1.165) is 11.1 Å². The summed E-state index contributed by atoms with van der Waals surface area (Å²) in [6.07, 6.45) is 0. The van der Waals surface area contributed by atoms with E-state index in [2.05, 4.69) is 0 Å². The van der Waals surface area contributed by atoms with Crippen molar-refractivity contribution in [2.45, 2.75) is 19.9 Å². The number of hydrogen-bond donors (Lipinski definition) is 1. The van der Waals surface area contributed by atoms with Gasteiger partial charge in [-0.2, -0.15) is 11.3 Å². The predicted molar refractivity (Wildman–Crippen MR) is 103 cm³/mol. The Hall–Kier alpha value is -1.89. The van der Waals surface area contributed by atoms with Crippen molar-refractivity contribution in [2.24, 2.45) is 0 Å². The van der Waals surface area contributed by atoms with Crippen LogP contribution in [0.1, 0.15) is 31.8 Å². The topological polar surface area (TPSA) is 60.9 Å². The third kappa shape index (κ3) is 3.49. The number of amides is 2. The molecule has 1 N–H and O–H groups in total. The first-order chi connectivity index (χ1) is 12.4. The van der Waals surface area contributed by atoms with E-state index >= 15 is 0 Å². The Morgan fingerprint density at radius 3 is 2.62 bits per heavy atom. The van der Waals surface area contributed by atoms with E-state index in [1.165, 1.54) is 11.3 Å². The normalized spacial score (nSPS) is 17.5. The van der Waals surface area contributed by atoms with Crippen LogP contribution in [0, 0.1) is 13.8 Å². The lowest BCUT2D eigenvalue weighted by Gasteiger charge is -2.41. The number of aliphatic hydroxyl groups excluding tert-OH is 1. The molecule has 7 heteroatoms. The molecule has 2 amide bonds. The number of aryl methyl sites for hydroxylation is 1. The summed E-state index contributed by atoms with van der Waals surface area (Å²) in [5, 5.41) is 14.1. The maximum absolute atomic E-state index is 13.0. The van der Waals surface area contributed by atoms with Gasteiger partial charge in [0.25, 0.3) is 11.8 Å². The van der Waals surface area contributed by atoms with Crippen LogP contribution in [-0.4, -0.2) is 59.0 Å². The zero-order chi connectivity index (χ0) is 18.8. The van der Waals surface area contributed by atoms with Gasteiger partial charge in [-0.1, -0.05) is 17.7 Å². The van der Waals surface area contributed by atoms with Crippen LogP contribution in [0.25, 0.3) is 0 Å². The van der Waals surface area contributed by atoms with Gasteiger partial charge in [0.1, 0.15) is 0 Å². The molecule has 1 atom stereocenters. The average Bonchev–Trinajstić information content (AvgIpc) is 3.08. The van der Waals surface area contributed by atoms with Crippen LogP contribution in [0.2, 0.25) is 5.02 Å². The second kappa shape index (κ2) is 7.78. The fourth-order valence-electron chi connectivity index (χ4n) is 3.21. The first-order valence-electron chi connectivity index (χ1n) is 8.43. The van der Waals surface area contributed by atoms with Gasteiger partial charge in [-0.3, -0.25) is 9.59 Å². The van der Waals surface area contributed by atoms with Crippen LogP contribution in [-0.2, 0) is 0 Å². The number of aliphatic hydroxyl groups is 1. The van der Waals surface area contributed by atoms with E-state index in [1.807, 2.05) is 24.6 Å².